The van der Waals surface area contributed by atoms with E-state index in [1.54, 1.807) is 15.8 Å². The number of hydrogen-bond acceptors (Lipinski definition) is 2. The van der Waals surface area contributed by atoms with Crippen molar-refractivity contribution in [2.24, 2.45) is 13.0 Å². The second kappa shape index (κ2) is 3.61. The molecule has 0 bridgehead atoms. The Labute approximate surface area is 87.4 Å². The summed E-state index contributed by atoms with van der Waals surface area (Å²) in [6.07, 6.45) is 4.10. The smallest absolute Gasteiger partial charge is 0.227 e. The molecule has 1 aromatic heterocycles. The van der Waals surface area contributed by atoms with Gasteiger partial charge in [-0.2, -0.15) is 5.10 Å². The molecule has 2 heterocycles. The van der Waals surface area contributed by atoms with Crippen molar-refractivity contribution < 1.29 is 4.79 Å². The van der Waals surface area contributed by atoms with Crippen molar-refractivity contribution in [2.75, 3.05) is 17.3 Å². The van der Waals surface area contributed by atoms with E-state index in [0.717, 1.165) is 5.69 Å². The molecular formula is C9H12ClN3O. The lowest BCUT2D eigenvalue weighted by Crippen LogP contribution is -2.24. The molecule has 0 aromatic carbocycles. The van der Waals surface area contributed by atoms with Gasteiger partial charge in [0.25, 0.3) is 0 Å². The van der Waals surface area contributed by atoms with Gasteiger partial charge in [-0.15, -0.1) is 11.6 Å². The highest BCUT2D eigenvalue weighted by atomic mass is 35.5. The average molecular weight is 214 g/mol. The van der Waals surface area contributed by atoms with Crippen LogP contribution in [0.3, 0.4) is 0 Å². The molecule has 1 unspecified atom stereocenters. The third-order valence-corrected chi connectivity index (χ3v) is 2.86. The zero-order valence-corrected chi connectivity index (χ0v) is 8.74. The van der Waals surface area contributed by atoms with Gasteiger partial charge in [-0.3, -0.25) is 9.48 Å². The van der Waals surface area contributed by atoms with E-state index in [4.69, 9.17) is 11.6 Å². The highest BCUT2D eigenvalue weighted by molar-refractivity contribution is 6.18. The number of hydrogen-bond donors (Lipinski definition) is 0. The summed E-state index contributed by atoms with van der Waals surface area (Å²) >= 11 is 5.73. The van der Waals surface area contributed by atoms with Crippen LogP contribution in [0, 0.1) is 5.92 Å². The summed E-state index contributed by atoms with van der Waals surface area (Å²) in [6.45, 7) is 0.716. The molecule has 5 heteroatoms. The fourth-order valence-electron chi connectivity index (χ4n) is 1.68. The first kappa shape index (κ1) is 9.52. The van der Waals surface area contributed by atoms with Crippen LogP contribution in [0.2, 0.25) is 0 Å². The first-order valence-electron chi connectivity index (χ1n) is 4.55. The lowest BCUT2D eigenvalue weighted by Gasteiger charge is -2.12. The Kier molecular flexibility index (Phi) is 2.46. The molecule has 0 saturated carbocycles. The number of anilines is 1. The van der Waals surface area contributed by atoms with Crippen LogP contribution in [0.1, 0.15) is 6.42 Å². The number of alkyl halides is 1. The van der Waals surface area contributed by atoms with Crippen LogP contribution >= 0.6 is 11.6 Å². The Balaban J connectivity index is 2.16. The molecule has 1 atom stereocenters. The van der Waals surface area contributed by atoms with E-state index in [1.165, 1.54) is 0 Å². The Morgan fingerprint density at radius 2 is 2.50 bits per heavy atom. The van der Waals surface area contributed by atoms with Crippen molar-refractivity contribution in [1.29, 1.82) is 0 Å². The highest BCUT2D eigenvalue weighted by Gasteiger charge is 2.30. The molecule has 14 heavy (non-hydrogen) atoms. The molecule has 0 radical (unpaired) electrons. The summed E-state index contributed by atoms with van der Waals surface area (Å²) in [4.78, 5) is 13.3. The van der Waals surface area contributed by atoms with Gasteiger partial charge in [-0.25, -0.2) is 0 Å². The van der Waals surface area contributed by atoms with Gasteiger partial charge in [-0.05, 0) is 5.92 Å². The van der Waals surface area contributed by atoms with Gasteiger partial charge >= 0.3 is 0 Å². The molecule has 2 rings (SSSR count). The van der Waals surface area contributed by atoms with E-state index in [1.807, 2.05) is 13.2 Å². The minimum absolute atomic E-state index is 0.142. The molecule has 0 N–H and O–H groups in total. The van der Waals surface area contributed by atoms with Crippen molar-refractivity contribution in [3.63, 3.8) is 0 Å². The van der Waals surface area contributed by atoms with Crippen LogP contribution in [-0.4, -0.2) is 28.1 Å². The number of carbonyl (C=O) groups excluding carboxylic acids is 1. The maximum atomic E-state index is 11.6. The maximum absolute atomic E-state index is 11.6. The second-order valence-electron chi connectivity index (χ2n) is 3.60. The van der Waals surface area contributed by atoms with E-state index < -0.39 is 0 Å². The van der Waals surface area contributed by atoms with Crippen LogP contribution in [0.25, 0.3) is 0 Å². The number of halogens is 1. The number of aromatic nitrogens is 2. The van der Waals surface area contributed by atoms with E-state index in [-0.39, 0.29) is 11.8 Å². The third-order valence-electron chi connectivity index (χ3n) is 2.43. The van der Waals surface area contributed by atoms with Gasteiger partial charge in [0.1, 0.15) is 0 Å². The topological polar surface area (TPSA) is 38.1 Å². The largest absolute Gasteiger partial charge is 0.309 e. The lowest BCUT2D eigenvalue weighted by molar-refractivity contribution is -0.117. The Hall–Kier alpha value is -1.03. The standard InChI is InChI=1S/C9H12ClN3O/c1-12-6-8(4-11-12)13-5-7(3-10)2-9(13)14/h4,6-7H,2-3,5H2,1H3. The number of aryl methyl sites for hydroxylation is 1. The van der Waals surface area contributed by atoms with Gasteiger partial charge in [-0.1, -0.05) is 0 Å². The van der Waals surface area contributed by atoms with Gasteiger partial charge < -0.3 is 4.90 Å². The normalized spacial score (nSPS) is 22.0. The van der Waals surface area contributed by atoms with Crippen molar-refractivity contribution in [2.45, 2.75) is 6.42 Å². The molecular weight excluding hydrogens is 202 g/mol. The van der Waals surface area contributed by atoms with Crippen LogP contribution < -0.4 is 4.90 Å². The van der Waals surface area contributed by atoms with Gasteiger partial charge in [0.05, 0.1) is 11.9 Å². The zero-order chi connectivity index (χ0) is 10.1. The van der Waals surface area contributed by atoms with Crippen LogP contribution in [0.4, 0.5) is 5.69 Å². The fraction of sp³-hybridized carbons (Fsp3) is 0.556. The average Bonchev–Trinajstić information content (AvgIpc) is 2.71. The van der Waals surface area contributed by atoms with Crippen LogP contribution in [-0.2, 0) is 11.8 Å². The van der Waals surface area contributed by atoms with Gasteiger partial charge in [0, 0.05) is 32.1 Å². The quantitative estimate of drug-likeness (QED) is 0.688. The van der Waals surface area contributed by atoms with Crippen molar-refractivity contribution in [3.05, 3.63) is 12.4 Å². The molecule has 1 aliphatic rings. The molecule has 1 amide bonds. The van der Waals surface area contributed by atoms with Crippen LogP contribution in [0.15, 0.2) is 12.4 Å². The zero-order valence-electron chi connectivity index (χ0n) is 7.98. The van der Waals surface area contributed by atoms with E-state index >= 15 is 0 Å². The SMILES string of the molecule is Cn1cc(N2CC(CCl)CC2=O)cn1. The Morgan fingerprint density at radius 3 is 3.00 bits per heavy atom. The summed E-state index contributed by atoms with van der Waals surface area (Å²) in [7, 11) is 1.84. The van der Waals surface area contributed by atoms with E-state index in [2.05, 4.69) is 5.10 Å². The molecule has 1 aliphatic heterocycles. The van der Waals surface area contributed by atoms with E-state index in [9.17, 15) is 4.79 Å². The molecule has 4 nitrogen and oxygen atoms in total. The predicted molar refractivity (Wildman–Crippen MR) is 54.4 cm³/mol. The second-order valence-corrected chi connectivity index (χ2v) is 3.91. The number of nitrogens with zero attached hydrogens (tertiary/aromatic N) is 3. The maximum Gasteiger partial charge on any atom is 0.227 e. The van der Waals surface area contributed by atoms with E-state index in [0.29, 0.717) is 18.8 Å². The predicted octanol–water partition coefficient (Wildman–Crippen LogP) is 1.01. The Bertz CT molecular complexity index is 350. The van der Waals surface area contributed by atoms with Gasteiger partial charge in [0.15, 0.2) is 0 Å². The molecule has 76 valence electrons. The molecule has 1 aromatic rings. The summed E-state index contributed by atoms with van der Waals surface area (Å²) in [5, 5.41) is 4.04. The summed E-state index contributed by atoms with van der Waals surface area (Å²) in [5.41, 5.74) is 0.866. The lowest BCUT2D eigenvalue weighted by atomic mass is 10.1. The molecule has 0 spiro atoms. The molecule has 1 saturated heterocycles. The first-order chi connectivity index (χ1) is 6.70. The fourth-order valence-corrected chi connectivity index (χ4v) is 1.89. The molecule has 0 aliphatic carbocycles. The summed E-state index contributed by atoms with van der Waals surface area (Å²) < 4.78 is 1.69. The third kappa shape index (κ3) is 1.62. The monoisotopic (exact) mass is 213 g/mol. The van der Waals surface area contributed by atoms with Crippen molar-refractivity contribution >= 4 is 23.2 Å². The first-order valence-corrected chi connectivity index (χ1v) is 5.09. The Morgan fingerprint density at radius 1 is 1.71 bits per heavy atom. The highest BCUT2D eigenvalue weighted by Crippen LogP contribution is 2.24. The number of rotatable bonds is 2. The minimum Gasteiger partial charge on any atom is -0.309 e. The molecule has 1 fully saturated rings. The summed E-state index contributed by atoms with van der Waals surface area (Å²) in [6, 6.07) is 0. The minimum atomic E-state index is 0.142. The number of carbonyl (C=O) groups is 1. The number of amides is 1. The van der Waals surface area contributed by atoms with Crippen molar-refractivity contribution in [1.82, 2.24) is 9.78 Å². The summed E-state index contributed by atoms with van der Waals surface area (Å²) in [5.74, 6) is 0.968. The van der Waals surface area contributed by atoms with Crippen molar-refractivity contribution in [3.8, 4) is 0 Å². The van der Waals surface area contributed by atoms with Gasteiger partial charge in [0.2, 0.25) is 5.91 Å². The van der Waals surface area contributed by atoms with Crippen LogP contribution in [0.5, 0.6) is 0 Å².